The normalized spacial score (nSPS) is 9.82. The van der Waals surface area contributed by atoms with Crippen molar-refractivity contribution in [2.75, 3.05) is 0 Å². The third-order valence-corrected chi connectivity index (χ3v) is 2.41. The van der Waals surface area contributed by atoms with Crippen LogP contribution in [0.1, 0.15) is 0 Å². The molecule has 0 radical (unpaired) electrons. The molecule has 0 saturated heterocycles. The van der Waals surface area contributed by atoms with Crippen LogP contribution in [-0.2, 0) is 0 Å². The van der Waals surface area contributed by atoms with Gasteiger partial charge >= 0.3 is 7.12 Å². The van der Waals surface area contributed by atoms with Gasteiger partial charge in [-0.3, -0.25) is 0 Å². The fourth-order valence-electron chi connectivity index (χ4n) is 0.711. The van der Waals surface area contributed by atoms with E-state index in [0.29, 0.717) is 10.5 Å². The Morgan fingerprint density at radius 1 is 1.36 bits per heavy atom. The molecule has 2 N–H and O–H groups in total. The molecule has 11 heavy (non-hydrogen) atoms. The third-order valence-electron chi connectivity index (χ3n) is 1.24. The van der Waals surface area contributed by atoms with Crippen molar-refractivity contribution in [1.29, 1.82) is 0 Å². The summed E-state index contributed by atoms with van der Waals surface area (Å²) >= 11 is 7.65. The van der Waals surface area contributed by atoms with Crippen LogP contribution < -0.4 is 5.46 Å². The van der Waals surface area contributed by atoms with E-state index >= 15 is 0 Å². The topological polar surface area (TPSA) is 40.5 Å². The fourth-order valence-corrected chi connectivity index (χ4v) is 1.86. The van der Waals surface area contributed by atoms with Gasteiger partial charge in [0.1, 0.15) is 0 Å². The van der Waals surface area contributed by atoms with Crippen LogP contribution in [0.4, 0.5) is 0 Å². The molecule has 1 rings (SSSR count). The van der Waals surface area contributed by atoms with Gasteiger partial charge in [-0.2, -0.15) is 0 Å². The zero-order valence-electron chi connectivity index (χ0n) is 5.46. The zero-order valence-corrected chi connectivity index (χ0v) is 8.37. The first-order valence-corrected chi connectivity index (χ1v) is 4.38. The molecule has 0 fully saturated rings. The predicted octanol–water partition coefficient (Wildman–Crippen LogP) is 0.624. The highest BCUT2D eigenvalue weighted by atomic mass is 127. The van der Waals surface area contributed by atoms with E-state index in [9.17, 15) is 0 Å². The third kappa shape index (κ3) is 2.33. The van der Waals surface area contributed by atoms with E-state index in [1.807, 2.05) is 22.6 Å². The lowest BCUT2D eigenvalue weighted by Gasteiger charge is -2.01. The molecule has 58 valence electrons. The van der Waals surface area contributed by atoms with Crippen molar-refractivity contribution in [3.8, 4) is 0 Å². The Bertz CT molecular complexity index is 267. The highest BCUT2D eigenvalue weighted by Crippen LogP contribution is 2.10. The van der Waals surface area contributed by atoms with Crippen LogP contribution in [0.2, 0.25) is 5.02 Å². The number of hydrogen-bond acceptors (Lipinski definition) is 2. The first kappa shape index (κ1) is 9.31. The van der Waals surface area contributed by atoms with Crippen molar-refractivity contribution in [2.45, 2.75) is 0 Å². The van der Waals surface area contributed by atoms with Gasteiger partial charge in [-0.1, -0.05) is 17.7 Å². The van der Waals surface area contributed by atoms with Gasteiger partial charge in [-0.15, -0.1) is 0 Å². The Hall–Kier alpha value is 0.225. The first-order valence-electron chi connectivity index (χ1n) is 2.92. The van der Waals surface area contributed by atoms with Gasteiger partial charge in [0.15, 0.2) is 0 Å². The largest absolute Gasteiger partial charge is 0.489 e. The maximum absolute atomic E-state index is 8.80. The molecule has 1 aromatic carbocycles. The lowest BCUT2D eigenvalue weighted by molar-refractivity contribution is 0.425. The van der Waals surface area contributed by atoms with Crippen LogP contribution in [0.15, 0.2) is 18.2 Å². The smallest absolute Gasteiger partial charge is 0.423 e. The van der Waals surface area contributed by atoms with Crippen molar-refractivity contribution in [2.24, 2.45) is 0 Å². The SMILES string of the molecule is OB(O)c1ccc(Cl)cc1I. The Labute approximate surface area is 83.5 Å². The number of benzene rings is 1. The summed E-state index contributed by atoms with van der Waals surface area (Å²) in [6.07, 6.45) is 0. The van der Waals surface area contributed by atoms with Gasteiger partial charge in [0, 0.05) is 8.59 Å². The molecule has 0 unspecified atom stereocenters. The van der Waals surface area contributed by atoms with Crippen molar-refractivity contribution in [3.05, 3.63) is 26.8 Å². The fraction of sp³-hybridized carbons (Fsp3) is 0. The Morgan fingerprint density at radius 2 is 2.00 bits per heavy atom. The predicted molar refractivity (Wildman–Crippen MR) is 54.0 cm³/mol. The summed E-state index contributed by atoms with van der Waals surface area (Å²) < 4.78 is 0.755. The monoisotopic (exact) mass is 282 g/mol. The second-order valence-corrected chi connectivity index (χ2v) is 3.64. The van der Waals surface area contributed by atoms with E-state index in [-0.39, 0.29) is 0 Å². The van der Waals surface area contributed by atoms with Gasteiger partial charge in [0.25, 0.3) is 0 Å². The second kappa shape index (κ2) is 3.75. The van der Waals surface area contributed by atoms with Crippen LogP contribution in [0, 0.1) is 3.57 Å². The molecule has 1 aromatic rings. The van der Waals surface area contributed by atoms with Crippen molar-refractivity contribution in [1.82, 2.24) is 0 Å². The van der Waals surface area contributed by atoms with Crippen LogP contribution in [0.3, 0.4) is 0 Å². The Morgan fingerprint density at radius 3 is 2.45 bits per heavy atom. The van der Waals surface area contributed by atoms with Gasteiger partial charge in [0.2, 0.25) is 0 Å². The molecular formula is C6H5BClIO2. The molecule has 0 spiro atoms. The molecule has 0 heterocycles. The van der Waals surface area contributed by atoms with Gasteiger partial charge in [-0.25, -0.2) is 0 Å². The van der Waals surface area contributed by atoms with Gasteiger partial charge in [-0.05, 0) is 40.2 Å². The number of halogens is 2. The molecule has 0 aliphatic heterocycles. The van der Waals surface area contributed by atoms with E-state index in [1.165, 1.54) is 0 Å². The van der Waals surface area contributed by atoms with E-state index in [2.05, 4.69) is 0 Å². The van der Waals surface area contributed by atoms with Crippen LogP contribution >= 0.6 is 34.2 Å². The maximum Gasteiger partial charge on any atom is 0.489 e. The van der Waals surface area contributed by atoms with Crippen molar-refractivity contribution >= 4 is 46.8 Å². The average molecular weight is 282 g/mol. The van der Waals surface area contributed by atoms with E-state index < -0.39 is 7.12 Å². The molecule has 0 aromatic heterocycles. The summed E-state index contributed by atoms with van der Waals surface area (Å²) in [5.74, 6) is 0. The molecule has 2 nitrogen and oxygen atoms in total. The summed E-state index contributed by atoms with van der Waals surface area (Å²) in [7, 11) is -1.42. The number of hydrogen-bond donors (Lipinski definition) is 2. The lowest BCUT2D eigenvalue weighted by atomic mass is 9.80. The zero-order chi connectivity index (χ0) is 8.43. The molecule has 0 amide bonds. The molecule has 0 saturated carbocycles. The van der Waals surface area contributed by atoms with E-state index in [1.54, 1.807) is 18.2 Å². The van der Waals surface area contributed by atoms with Crippen molar-refractivity contribution in [3.63, 3.8) is 0 Å². The van der Waals surface area contributed by atoms with Crippen LogP contribution in [0.5, 0.6) is 0 Å². The quantitative estimate of drug-likeness (QED) is 0.586. The van der Waals surface area contributed by atoms with Crippen LogP contribution in [-0.4, -0.2) is 17.2 Å². The second-order valence-electron chi connectivity index (χ2n) is 2.04. The highest BCUT2D eigenvalue weighted by molar-refractivity contribution is 14.1. The molecule has 5 heteroatoms. The Balaban J connectivity index is 3.09. The number of rotatable bonds is 1. The highest BCUT2D eigenvalue weighted by Gasteiger charge is 2.13. The molecule has 0 atom stereocenters. The summed E-state index contributed by atoms with van der Waals surface area (Å²) in [5.41, 5.74) is 0.481. The maximum atomic E-state index is 8.80. The minimum absolute atomic E-state index is 0.481. The van der Waals surface area contributed by atoms with Gasteiger partial charge in [0.05, 0.1) is 0 Å². The molecular weight excluding hydrogens is 277 g/mol. The summed E-state index contributed by atoms with van der Waals surface area (Å²) in [6, 6.07) is 4.89. The van der Waals surface area contributed by atoms with Crippen LogP contribution in [0.25, 0.3) is 0 Å². The first-order chi connectivity index (χ1) is 5.11. The Kier molecular flexibility index (Phi) is 3.18. The molecule has 0 bridgehead atoms. The molecule has 0 aliphatic rings. The van der Waals surface area contributed by atoms with E-state index in [4.69, 9.17) is 21.6 Å². The average Bonchev–Trinajstić information content (AvgIpc) is 1.85. The summed E-state index contributed by atoms with van der Waals surface area (Å²) in [5, 5.41) is 18.2. The minimum Gasteiger partial charge on any atom is -0.423 e. The summed E-state index contributed by atoms with van der Waals surface area (Å²) in [6.45, 7) is 0. The van der Waals surface area contributed by atoms with E-state index in [0.717, 1.165) is 3.57 Å². The lowest BCUT2D eigenvalue weighted by Crippen LogP contribution is -2.32. The molecule has 0 aliphatic carbocycles. The summed E-state index contributed by atoms with van der Waals surface area (Å²) in [4.78, 5) is 0. The van der Waals surface area contributed by atoms with Gasteiger partial charge < -0.3 is 10.0 Å². The van der Waals surface area contributed by atoms with Crippen molar-refractivity contribution < 1.29 is 10.0 Å². The minimum atomic E-state index is -1.42. The standard InChI is InChI=1S/C6H5BClIO2/c8-4-1-2-5(7(10)11)6(9)3-4/h1-3,10-11H.